The van der Waals surface area contributed by atoms with Crippen molar-refractivity contribution >= 4 is 6.03 Å². The molecule has 0 saturated carbocycles. The summed E-state index contributed by atoms with van der Waals surface area (Å²) < 4.78 is 11.0. The molecule has 1 aromatic carbocycles. The fourth-order valence-electron chi connectivity index (χ4n) is 2.20. The maximum atomic E-state index is 11.7. The Kier molecular flexibility index (Phi) is 5.68. The Bertz CT molecular complexity index is 405. The smallest absolute Gasteiger partial charge is 0.315 e. The highest BCUT2D eigenvalue weighted by Crippen LogP contribution is 2.15. The molecule has 1 aromatic rings. The zero-order valence-electron chi connectivity index (χ0n) is 11.8. The molecule has 0 radical (unpaired) electrons. The third kappa shape index (κ3) is 4.74. The molecule has 2 amide bonds. The maximum Gasteiger partial charge on any atom is 0.315 e. The van der Waals surface area contributed by atoms with Gasteiger partial charge in [-0.2, -0.15) is 0 Å². The van der Waals surface area contributed by atoms with Gasteiger partial charge in [-0.15, -0.1) is 0 Å². The van der Waals surface area contributed by atoms with Crippen LogP contribution in [-0.4, -0.2) is 37.9 Å². The molecule has 0 spiro atoms. The van der Waals surface area contributed by atoms with Crippen LogP contribution in [-0.2, 0) is 4.74 Å². The van der Waals surface area contributed by atoms with Crippen molar-refractivity contribution in [2.45, 2.75) is 31.9 Å². The number of carbonyl (C=O) groups excluding carboxylic acids is 1. The number of ether oxygens (including phenoxy) is 2. The van der Waals surface area contributed by atoms with Crippen molar-refractivity contribution in [1.82, 2.24) is 10.6 Å². The zero-order chi connectivity index (χ0) is 14.2. The summed E-state index contributed by atoms with van der Waals surface area (Å²) in [5.74, 6) is 0.808. The molecule has 0 aromatic heterocycles. The Balaban J connectivity index is 1.58. The molecule has 2 atom stereocenters. The minimum absolute atomic E-state index is 0.0348. The van der Waals surface area contributed by atoms with E-state index in [4.69, 9.17) is 9.47 Å². The molecule has 2 rings (SSSR count). The van der Waals surface area contributed by atoms with Crippen LogP contribution in [0.4, 0.5) is 4.79 Å². The summed E-state index contributed by atoms with van der Waals surface area (Å²) in [5.41, 5.74) is 0. The Morgan fingerprint density at radius 3 is 2.95 bits per heavy atom. The number of urea groups is 1. The molecule has 1 fully saturated rings. The molecule has 1 saturated heterocycles. The summed E-state index contributed by atoms with van der Waals surface area (Å²) in [6, 6.07) is 9.40. The topological polar surface area (TPSA) is 59.6 Å². The third-order valence-corrected chi connectivity index (χ3v) is 3.28. The number of carbonyl (C=O) groups is 1. The van der Waals surface area contributed by atoms with E-state index in [0.717, 1.165) is 25.2 Å². The Morgan fingerprint density at radius 2 is 2.25 bits per heavy atom. The average molecular weight is 278 g/mol. The standard InChI is InChI=1S/C15H22N2O3/c1-12(14-8-5-10-20-14)17-15(18)16-9-11-19-13-6-3-2-4-7-13/h2-4,6-7,12,14H,5,8-11H2,1H3,(H2,16,17,18). The molecule has 5 heteroatoms. The highest BCUT2D eigenvalue weighted by molar-refractivity contribution is 5.74. The molecule has 20 heavy (non-hydrogen) atoms. The molecule has 5 nitrogen and oxygen atoms in total. The first kappa shape index (κ1) is 14.7. The lowest BCUT2D eigenvalue weighted by atomic mass is 10.1. The number of amides is 2. The lowest BCUT2D eigenvalue weighted by Gasteiger charge is -2.20. The van der Waals surface area contributed by atoms with Crippen LogP contribution in [0.5, 0.6) is 5.75 Å². The van der Waals surface area contributed by atoms with E-state index in [0.29, 0.717) is 13.2 Å². The summed E-state index contributed by atoms with van der Waals surface area (Å²) in [5, 5.41) is 5.67. The lowest BCUT2D eigenvalue weighted by molar-refractivity contribution is 0.0860. The van der Waals surface area contributed by atoms with E-state index in [1.807, 2.05) is 37.3 Å². The Morgan fingerprint density at radius 1 is 1.45 bits per heavy atom. The minimum Gasteiger partial charge on any atom is -0.492 e. The normalized spacial score (nSPS) is 19.4. The molecule has 1 heterocycles. The van der Waals surface area contributed by atoms with Gasteiger partial charge in [0.15, 0.2) is 0 Å². The number of benzene rings is 1. The molecule has 2 N–H and O–H groups in total. The molecular weight excluding hydrogens is 256 g/mol. The monoisotopic (exact) mass is 278 g/mol. The fourth-order valence-corrected chi connectivity index (χ4v) is 2.20. The van der Waals surface area contributed by atoms with Gasteiger partial charge in [-0.3, -0.25) is 0 Å². The average Bonchev–Trinajstić information content (AvgIpc) is 2.99. The molecular formula is C15H22N2O3. The van der Waals surface area contributed by atoms with Crippen molar-refractivity contribution in [2.75, 3.05) is 19.8 Å². The van der Waals surface area contributed by atoms with Crippen LogP contribution in [0.1, 0.15) is 19.8 Å². The van der Waals surface area contributed by atoms with Crippen LogP contribution in [0.3, 0.4) is 0 Å². The number of hydrogen-bond acceptors (Lipinski definition) is 3. The SMILES string of the molecule is CC(NC(=O)NCCOc1ccccc1)C1CCCO1. The van der Waals surface area contributed by atoms with Gasteiger partial charge in [0, 0.05) is 6.61 Å². The van der Waals surface area contributed by atoms with E-state index in [1.165, 1.54) is 0 Å². The third-order valence-electron chi connectivity index (χ3n) is 3.28. The van der Waals surface area contributed by atoms with E-state index < -0.39 is 0 Å². The number of nitrogens with one attached hydrogen (secondary N) is 2. The second kappa shape index (κ2) is 7.75. The Labute approximate surface area is 119 Å². The summed E-state index contributed by atoms with van der Waals surface area (Å²) in [6.07, 6.45) is 2.23. The summed E-state index contributed by atoms with van der Waals surface area (Å²) in [4.78, 5) is 11.7. The zero-order valence-corrected chi connectivity index (χ0v) is 11.8. The van der Waals surface area contributed by atoms with Gasteiger partial charge in [-0.05, 0) is 31.9 Å². The van der Waals surface area contributed by atoms with Gasteiger partial charge in [0.2, 0.25) is 0 Å². The van der Waals surface area contributed by atoms with Crippen molar-refractivity contribution in [1.29, 1.82) is 0 Å². The first-order valence-electron chi connectivity index (χ1n) is 7.09. The van der Waals surface area contributed by atoms with Crippen LogP contribution in [0.25, 0.3) is 0 Å². The molecule has 1 aliphatic rings. The number of hydrogen-bond donors (Lipinski definition) is 2. The highest BCUT2D eigenvalue weighted by Gasteiger charge is 2.23. The number of rotatable bonds is 6. The van der Waals surface area contributed by atoms with Crippen LogP contribution in [0.15, 0.2) is 30.3 Å². The van der Waals surface area contributed by atoms with Gasteiger partial charge in [0.05, 0.1) is 18.7 Å². The quantitative estimate of drug-likeness (QED) is 0.782. The largest absolute Gasteiger partial charge is 0.492 e. The summed E-state index contributed by atoms with van der Waals surface area (Å²) >= 11 is 0. The predicted octanol–water partition coefficient (Wildman–Crippen LogP) is 1.93. The summed E-state index contributed by atoms with van der Waals surface area (Å²) in [6.45, 7) is 3.68. The Hall–Kier alpha value is -1.75. The number of para-hydroxylation sites is 1. The van der Waals surface area contributed by atoms with Gasteiger partial charge in [0.1, 0.15) is 12.4 Å². The molecule has 110 valence electrons. The summed E-state index contributed by atoms with van der Waals surface area (Å²) in [7, 11) is 0. The van der Waals surface area contributed by atoms with E-state index >= 15 is 0 Å². The van der Waals surface area contributed by atoms with Crippen LogP contribution in [0, 0.1) is 0 Å². The van der Waals surface area contributed by atoms with Gasteiger partial charge in [0.25, 0.3) is 0 Å². The highest BCUT2D eigenvalue weighted by atomic mass is 16.5. The van der Waals surface area contributed by atoms with Gasteiger partial charge < -0.3 is 20.1 Å². The molecule has 2 unspecified atom stereocenters. The second-order valence-electron chi connectivity index (χ2n) is 4.90. The maximum absolute atomic E-state index is 11.7. The van der Waals surface area contributed by atoms with E-state index in [9.17, 15) is 4.79 Å². The first-order valence-corrected chi connectivity index (χ1v) is 7.09. The minimum atomic E-state index is -0.176. The van der Waals surface area contributed by atoms with Crippen molar-refractivity contribution in [3.8, 4) is 5.75 Å². The van der Waals surface area contributed by atoms with E-state index in [-0.39, 0.29) is 18.2 Å². The van der Waals surface area contributed by atoms with Crippen LogP contribution >= 0.6 is 0 Å². The van der Waals surface area contributed by atoms with Crippen LogP contribution < -0.4 is 15.4 Å². The predicted molar refractivity (Wildman–Crippen MR) is 76.9 cm³/mol. The van der Waals surface area contributed by atoms with Crippen molar-refractivity contribution in [3.05, 3.63) is 30.3 Å². The van der Waals surface area contributed by atoms with E-state index in [1.54, 1.807) is 0 Å². The fraction of sp³-hybridized carbons (Fsp3) is 0.533. The van der Waals surface area contributed by atoms with Gasteiger partial charge in [-0.1, -0.05) is 18.2 Å². The van der Waals surface area contributed by atoms with Crippen molar-refractivity contribution in [3.63, 3.8) is 0 Å². The molecule has 1 aliphatic heterocycles. The first-order chi connectivity index (χ1) is 9.75. The van der Waals surface area contributed by atoms with Gasteiger partial charge >= 0.3 is 6.03 Å². The van der Waals surface area contributed by atoms with E-state index in [2.05, 4.69) is 10.6 Å². The van der Waals surface area contributed by atoms with Crippen molar-refractivity contribution in [2.24, 2.45) is 0 Å². The second-order valence-corrected chi connectivity index (χ2v) is 4.90. The lowest BCUT2D eigenvalue weighted by Crippen LogP contribution is -2.46. The molecule has 0 aliphatic carbocycles. The van der Waals surface area contributed by atoms with Crippen molar-refractivity contribution < 1.29 is 14.3 Å². The van der Waals surface area contributed by atoms with Crippen LogP contribution in [0.2, 0.25) is 0 Å². The molecule has 0 bridgehead atoms. The van der Waals surface area contributed by atoms with Gasteiger partial charge in [-0.25, -0.2) is 4.79 Å².